The van der Waals surface area contributed by atoms with Crippen molar-refractivity contribution in [3.63, 3.8) is 0 Å². The first-order chi connectivity index (χ1) is 10.3. The summed E-state index contributed by atoms with van der Waals surface area (Å²) in [5.41, 5.74) is 0. The summed E-state index contributed by atoms with van der Waals surface area (Å²) < 4.78 is 7.62. The van der Waals surface area contributed by atoms with Crippen molar-refractivity contribution in [3.05, 3.63) is 36.5 Å². The van der Waals surface area contributed by atoms with E-state index in [1.807, 2.05) is 29.1 Å². The molecule has 110 valence electrons. The Kier molecular flexibility index (Phi) is 5.28. The average Bonchev–Trinajstić information content (AvgIpc) is 3.09. The molecule has 6 nitrogen and oxygen atoms in total. The van der Waals surface area contributed by atoms with Crippen LogP contribution >= 0.6 is 11.5 Å². The van der Waals surface area contributed by atoms with E-state index < -0.39 is 0 Å². The van der Waals surface area contributed by atoms with Crippen LogP contribution in [0.25, 0.3) is 10.1 Å². The van der Waals surface area contributed by atoms with Crippen molar-refractivity contribution in [3.8, 4) is 0 Å². The molecule has 0 amide bonds. The zero-order valence-electron chi connectivity index (χ0n) is 11.6. The maximum atomic E-state index is 8.36. The average molecular weight is 304 g/mol. The van der Waals surface area contributed by atoms with E-state index in [-0.39, 0.29) is 6.47 Å². The Morgan fingerprint density at radius 3 is 2.90 bits per heavy atom. The lowest BCUT2D eigenvalue weighted by Gasteiger charge is -2.06. The normalized spacial score (nSPS) is 9.95. The molecule has 7 heteroatoms. The molecule has 0 spiro atoms. The van der Waals surface area contributed by atoms with Crippen molar-refractivity contribution < 1.29 is 9.90 Å². The van der Waals surface area contributed by atoms with E-state index in [0.29, 0.717) is 0 Å². The number of anilines is 2. The van der Waals surface area contributed by atoms with Crippen LogP contribution in [0, 0.1) is 0 Å². The monoisotopic (exact) mass is 304 g/mol. The van der Waals surface area contributed by atoms with Crippen LogP contribution in [0.1, 0.15) is 13.3 Å². The van der Waals surface area contributed by atoms with Crippen LogP contribution in [-0.4, -0.2) is 25.7 Å². The van der Waals surface area contributed by atoms with Gasteiger partial charge in [-0.1, -0.05) is 19.1 Å². The van der Waals surface area contributed by atoms with Crippen molar-refractivity contribution >= 4 is 39.7 Å². The summed E-state index contributed by atoms with van der Waals surface area (Å²) in [7, 11) is 0. The zero-order chi connectivity index (χ0) is 15.1. The minimum absolute atomic E-state index is 0.250. The van der Waals surface area contributed by atoms with Gasteiger partial charge in [0.15, 0.2) is 5.82 Å². The molecule has 0 saturated carbocycles. The number of hydrogen-bond acceptors (Lipinski definition) is 5. The SMILES string of the molecule is CCCn1nccc1Nc1nsc2ccccc12.O=CO. The first-order valence-electron chi connectivity index (χ1n) is 6.51. The number of carbonyl (C=O) groups is 1. The second-order valence-corrected chi connectivity index (χ2v) is 5.00. The maximum Gasteiger partial charge on any atom is 0.290 e. The minimum atomic E-state index is -0.250. The number of aromatic nitrogens is 3. The van der Waals surface area contributed by atoms with E-state index in [4.69, 9.17) is 9.90 Å². The Balaban J connectivity index is 0.000000497. The van der Waals surface area contributed by atoms with Crippen LogP contribution < -0.4 is 5.32 Å². The summed E-state index contributed by atoms with van der Waals surface area (Å²) in [5, 5.41) is 15.7. The van der Waals surface area contributed by atoms with Gasteiger partial charge in [0.25, 0.3) is 6.47 Å². The number of fused-ring (bicyclic) bond motifs is 1. The number of benzene rings is 1. The van der Waals surface area contributed by atoms with Gasteiger partial charge in [-0.25, -0.2) is 4.68 Å². The fourth-order valence-corrected chi connectivity index (χ4v) is 2.66. The molecule has 0 radical (unpaired) electrons. The number of rotatable bonds is 4. The summed E-state index contributed by atoms with van der Waals surface area (Å²) in [6.07, 6.45) is 2.88. The molecule has 3 aromatic rings. The fourth-order valence-electron chi connectivity index (χ4n) is 1.93. The van der Waals surface area contributed by atoms with Crippen molar-refractivity contribution in [1.29, 1.82) is 0 Å². The highest BCUT2D eigenvalue weighted by Gasteiger charge is 2.08. The number of hydrogen-bond donors (Lipinski definition) is 2. The van der Waals surface area contributed by atoms with Crippen molar-refractivity contribution in [1.82, 2.24) is 14.2 Å². The van der Waals surface area contributed by atoms with E-state index in [0.717, 1.165) is 30.0 Å². The molecule has 0 saturated heterocycles. The Bertz CT molecular complexity index is 708. The third-order valence-electron chi connectivity index (χ3n) is 2.78. The lowest BCUT2D eigenvalue weighted by molar-refractivity contribution is -0.122. The molecular formula is C14H16N4O2S. The number of nitrogens with zero attached hydrogens (tertiary/aromatic N) is 3. The van der Waals surface area contributed by atoms with Gasteiger partial charge in [-0.05, 0) is 30.1 Å². The number of aryl methyl sites for hydroxylation is 1. The van der Waals surface area contributed by atoms with Crippen LogP contribution in [-0.2, 0) is 11.3 Å². The molecule has 3 rings (SSSR count). The maximum absolute atomic E-state index is 8.36. The van der Waals surface area contributed by atoms with E-state index >= 15 is 0 Å². The second kappa shape index (κ2) is 7.39. The van der Waals surface area contributed by atoms with Crippen molar-refractivity contribution in [2.75, 3.05) is 5.32 Å². The van der Waals surface area contributed by atoms with Crippen LogP contribution in [0.2, 0.25) is 0 Å². The lowest BCUT2D eigenvalue weighted by Crippen LogP contribution is -2.04. The summed E-state index contributed by atoms with van der Waals surface area (Å²) in [6.45, 7) is 2.81. The zero-order valence-corrected chi connectivity index (χ0v) is 12.4. The molecule has 0 aliphatic heterocycles. The number of nitrogens with one attached hydrogen (secondary N) is 1. The van der Waals surface area contributed by atoms with E-state index in [2.05, 4.69) is 33.8 Å². The second-order valence-electron chi connectivity index (χ2n) is 4.20. The molecule has 0 unspecified atom stereocenters. The van der Waals surface area contributed by atoms with Crippen LogP contribution in [0.3, 0.4) is 0 Å². The van der Waals surface area contributed by atoms with Crippen LogP contribution in [0.4, 0.5) is 11.6 Å². The van der Waals surface area contributed by atoms with Gasteiger partial charge in [-0.2, -0.15) is 9.47 Å². The van der Waals surface area contributed by atoms with Crippen LogP contribution in [0.15, 0.2) is 36.5 Å². The Morgan fingerprint density at radius 1 is 1.38 bits per heavy atom. The highest BCUT2D eigenvalue weighted by atomic mass is 32.1. The minimum Gasteiger partial charge on any atom is -0.483 e. The molecular weight excluding hydrogens is 288 g/mol. The molecule has 21 heavy (non-hydrogen) atoms. The molecule has 2 heterocycles. The summed E-state index contributed by atoms with van der Waals surface area (Å²) in [6, 6.07) is 10.2. The van der Waals surface area contributed by atoms with Gasteiger partial charge in [0.2, 0.25) is 0 Å². The Morgan fingerprint density at radius 2 is 2.14 bits per heavy atom. The summed E-state index contributed by atoms with van der Waals surface area (Å²) >= 11 is 1.51. The predicted molar refractivity (Wildman–Crippen MR) is 84.1 cm³/mol. The molecule has 0 fully saturated rings. The van der Waals surface area contributed by atoms with Gasteiger partial charge >= 0.3 is 0 Å². The van der Waals surface area contributed by atoms with Crippen LogP contribution in [0.5, 0.6) is 0 Å². The van der Waals surface area contributed by atoms with Gasteiger partial charge in [-0.15, -0.1) is 0 Å². The third kappa shape index (κ3) is 3.57. The van der Waals surface area contributed by atoms with Gasteiger partial charge < -0.3 is 10.4 Å². The Labute approximate surface area is 126 Å². The van der Waals surface area contributed by atoms with E-state index in [9.17, 15) is 0 Å². The highest BCUT2D eigenvalue weighted by molar-refractivity contribution is 7.13. The molecule has 0 aliphatic rings. The standard InChI is InChI=1S/C13H14N4S.CH2O2/c1-2-9-17-12(7-8-14-17)15-13-10-5-3-4-6-11(10)18-16-13;2-1-3/h3-8H,2,9H2,1H3,(H,15,16);1H,(H,2,3). The quantitative estimate of drug-likeness (QED) is 0.723. The summed E-state index contributed by atoms with van der Waals surface area (Å²) in [4.78, 5) is 8.36. The lowest BCUT2D eigenvalue weighted by atomic mass is 10.2. The topological polar surface area (TPSA) is 80.0 Å². The van der Waals surface area contributed by atoms with Gasteiger partial charge in [0, 0.05) is 18.0 Å². The molecule has 0 aliphatic carbocycles. The van der Waals surface area contributed by atoms with Gasteiger partial charge in [-0.3, -0.25) is 4.79 Å². The fraction of sp³-hybridized carbons (Fsp3) is 0.214. The first kappa shape index (κ1) is 15.0. The summed E-state index contributed by atoms with van der Waals surface area (Å²) in [5.74, 6) is 1.90. The van der Waals surface area contributed by atoms with Gasteiger partial charge in [0.05, 0.1) is 10.9 Å². The van der Waals surface area contributed by atoms with Crippen molar-refractivity contribution in [2.24, 2.45) is 0 Å². The molecule has 0 atom stereocenters. The highest BCUT2D eigenvalue weighted by Crippen LogP contribution is 2.28. The number of carboxylic acid groups (broad SMARTS) is 1. The molecule has 0 bridgehead atoms. The van der Waals surface area contributed by atoms with Crippen molar-refractivity contribution in [2.45, 2.75) is 19.9 Å². The molecule has 1 aromatic carbocycles. The molecule has 2 N–H and O–H groups in total. The largest absolute Gasteiger partial charge is 0.483 e. The van der Waals surface area contributed by atoms with E-state index in [1.165, 1.54) is 16.2 Å². The first-order valence-corrected chi connectivity index (χ1v) is 7.28. The Hall–Kier alpha value is -2.41. The third-order valence-corrected chi connectivity index (χ3v) is 3.60. The van der Waals surface area contributed by atoms with E-state index in [1.54, 1.807) is 0 Å². The molecule has 2 aromatic heterocycles. The smallest absolute Gasteiger partial charge is 0.290 e. The predicted octanol–water partition coefficient (Wildman–Crippen LogP) is 3.35. The van der Waals surface area contributed by atoms with Gasteiger partial charge in [0.1, 0.15) is 5.82 Å².